The van der Waals surface area contributed by atoms with E-state index >= 15 is 0 Å². The minimum absolute atomic E-state index is 0.755. The van der Waals surface area contributed by atoms with Gasteiger partial charge in [-0.05, 0) is 38.1 Å². The van der Waals surface area contributed by atoms with Crippen LogP contribution in [0.1, 0.15) is 38.4 Å². The third-order valence-electron chi connectivity index (χ3n) is 3.62. The molecular formula is C13H23N3. The number of hydrogen-bond acceptors (Lipinski definition) is 2. The van der Waals surface area contributed by atoms with Crippen LogP contribution in [-0.2, 0) is 13.5 Å². The Hall–Kier alpha value is -0.830. The molecule has 16 heavy (non-hydrogen) atoms. The van der Waals surface area contributed by atoms with Crippen LogP contribution in [0.4, 0.5) is 0 Å². The van der Waals surface area contributed by atoms with E-state index in [0.717, 1.165) is 18.4 Å². The molecule has 90 valence electrons. The fourth-order valence-electron chi connectivity index (χ4n) is 2.65. The predicted octanol–water partition coefficient (Wildman–Crippen LogP) is 2.13. The number of aryl methyl sites for hydroxylation is 1. The summed E-state index contributed by atoms with van der Waals surface area (Å²) in [6.07, 6.45) is 10.3. The highest BCUT2D eigenvalue weighted by molar-refractivity contribution is 4.95. The summed E-state index contributed by atoms with van der Waals surface area (Å²) in [6.45, 7) is 3.40. The van der Waals surface area contributed by atoms with Crippen LogP contribution < -0.4 is 5.32 Å². The quantitative estimate of drug-likeness (QED) is 0.825. The van der Waals surface area contributed by atoms with Crippen molar-refractivity contribution >= 4 is 0 Å². The molecule has 0 bridgehead atoms. The first-order valence-corrected chi connectivity index (χ1v) is 6.49. The summed E-state index contributed by atoms with van der Waals surface area (Å²) >= 11 is 0. The second kappa shape index (κ2) is 5.48. The lowest BCUT2D eigenvalue weighted by Crippen LogP contribution is -2.27. The van der Waals surface area contributed by atoms with E-state index in [1.165, 1.54) is 38.1 Å². The van der Waals surface area contributed by atoms with E-state index in [0.29, 0.717) is 0 Å². The normalized spacial score (nSPS) is 25.1. The average Bonchev–Trinajstić information content (AvgIpc) is 2.87. The highest BCUT2D eigenvalue weighted by Gasteiger charge is 2.24. The van der Waals surface area contributed by atoms with Gasteiger partial charge in [0.2, 0.25) is 0 Å². The predicted molar refractivity (Wildman–Crippen MR) is 66.3 cm³/mol. The molecule has 2 rings (SSSR count). The van der Waals surface area contributed by atoms with Gasteiger partial charge in [0.25, 0.3) is 0 Å². The molecule has 0 spiro atoms. The van der Waals surface area contributed by atoms with Crippen molar-refractivity contribution in [2.45, 2.75) is 45.1 Å². The zero-order chi connectivity index (χ0) is 11.4. The molecule has 0 saturated heterocycles. The Morgan fingerprint density at radius 3 is 3.06 bits per heavy atom. The molecule has 1 saturated carbocycles. The Morgan fingerprint density at radius 1 is 1.50 bits per heavy atom. The van der Waals surface area contributed by atoms with Crippen LogP contribution in [0.15, 0.2) is 12.4 Å². The maximum atomic E-state index is 4.41. The molecule has 1 aromatic heterocycles. The molecule has 3 nitrogen and oxygen atoms in total. The Morgan fingerprint density at radius 2 is 2.38 bits per heavy atom. The molecule has 1 fully saturated rings. The van der Waals surface area contributed by atoms with E-state index in [1.807, 2.05) is 12.4 Å². The molecule has 1 aliphatic rings. The number of imidazole rings is 1. The molecule has 0 amide bonds. The van der Waals surface area contributed by atoms with Crippen molar-refractivity contribution in [2.75, 3.05) is 6.54 Å². The Bertz CT molecular complexity index is 319. The largest absolute Gasteiger partial charge is 0.338 e. The van der Waals surface area contributed by atoms with Crippen LogP contribution in [0.5, 0.6) is 0 Å². The van der Waals surface area contributed by atoms with Crippen LogP contribution in [0.2, 0.25) is 0 Å². The zero-order valence-electron chi connectivity index (χ0n) is 10.4. The molecule has 0 aliphatic heterocycles. The van der Waals surface area contributed by atoms with Crippen molar-refractivity contribution in [3.8, 4) is 0 Å². The van der Waals surface area contributed by atoms with Gasteiger partial charge in [-0.3, -0.25) is 0 Å². The van der Waals surface area contributed by atoms with Gasteiger partial charge in [-0.1, -0.05) is 6.92 Å². The number of aromatic nitrogens is 2. The van der Waals surface area contributed by atoms with Crippen LogP contribution in [0.25, 0.3) is 0 Å². The summed E-state index contributed by atoms with van der Waals surface area (Å²) in [5.41, 5.74) is 0. The summed E-state index contributed by atoms with van der Waals surface area (Å²) in [6, 6.07) is 0.755. The molecule has 1 heterocycles. The summed E-state index contributed by atoms with van der Waals surface area (Å²) in [7, 11) is 2.09. The third-order valence-corrected chi connectivity index (χ3v) is 3.62. The van der Waals surface area contributed by atoms with E-state index in [-0.39, 0.29) is 0 Å². The van der Waals surface area contributed by atoms with E-state index in [4.69, 9.17) is 0 Å². The fraction of sp³-hybridized carbons (Fsp3) is 0.769. The zero-order valence-corrected chi connectivity index (χ0v) is 10.4. The van der Waals surface area contributed by atoms with Gasteiger partial charge in [-0.25, -0.2) is 4.98 Å². The second-order valence-electron chi connectivity index (χ2n) is 4.99. The van der Waals surface area contributed by atoms with Gasteiger partial charge in [0.1, 0.15) is 5.82 Å². The summed E-state index contributed by atoms with van der Waals surface area (Å²) in [5.74, 6) is 2.07. The summed E-state index contributed by atoms with van der Waals surface area (Å²) in [4.78, 5) is 4.41. The first-order valence-electron chi connectivity index (χ1n) is 6.49. The van der Waals surface area contributed by atoms with Crippen molar-refractivity contribution in [3.05, 3.63) is 18.2 Å². The molecule has 0 aromatic carbocycles. The van der Waals surface area contributed by atoms with Gasteiger partial charge < -0.3 is 9.88 Å². The first-order chi connectivity index (χ1) is 7.79. The van der Waals surface area contributed by atoms with Crippen molar-refractivity contribution in [1.29, 1.82) is 0 Å². The van der Waals surface area contributed by atoms with Crippen molar-refractivity contribution in [1.82, 2.24) is 14.9 Å². The molecular weight excluding hydrogens is 198 g/mol. The molecule has 1 aliphatic carbocycles. The lowest BCUT2D eigenvalue weighted by molar-refractivity contribution is 0.474. The molecule has 2 atom stereocenters. The first kappa shape index (κ1) is 11.6. The molecule has 1 aromatic rings. The Labute approximate surface area is 98.3 Å². The standard InChI is InChI=1S/C13H23N3/c1-3-6-14-12-5-4-11(9-12)10-13-15-7-8-16(13)2/h7-8,11-12,14H,3-6,9-10H2,1-2H3. The highest BCUT2D eigenvalue weighted by atomic mass is 15.0. The maximum absolute atomic E-state index is 4.41. The van der Waals surface area contributed by atoms with Crippen molar-refractivity contribution < 1.29 is 0 Å². The van der Waals surface area contributed by atoms with Crippen LogP contribution in [0.3, 0.4) is 0 Å². The van der Waals surface area contributed by atoms with Crippen LogP contribution in [0, 0.1) is 5.92 Å². The third kappa shape index (κ3) is 2.85. The summed E-state index contributed by atoms with van der Waals surface area (Å²) in [5, 5.41) is 3.63. The van der Waals surface area contributed by atoms with E-state index in [2.05, 4.69) is 28.8 Å². The lowest BCUT2D eigenvalue weighted by atomic mass is 10.0. The van der Waals surface area contributed by atoms with E-state index in [9.17, 15) is 0 Å². The van der Waals surface area contributed by atoms with Crippen molar-refractivity contribution in [2.24, 2.45) is 13.0 Å². The fourth-order valence-corrected chi connectivity index (χ4v) is 2.65. The molecule has 2 unspecified atom stereocenters. The van der Waals surface area contributed by atoms with Gasteiger partial charge >= 0.3 is 0 Å². The Balaban J connectivity index is 1.79. The van der Waals surface area contributed by atoms with Gasteiger partial charge in [0.05, 0.1) is 0 Å². The van der Waals surface area contributed by atoms with Gasteiger partial charge in [-0.15, -0.1) is 0 Å². The topological polar surface area (TPSA) is 29.9 Å². The van der Waals surface area contributed by atoms with Crippen LogP contribution in [-0.4, -0.2) is 22.1 Å². The van der Waals surface area contributed by atoms with E-state index < -0.39 is 0 Å². The number of rotatable bonds is 5. The lowest BCUT2D eigenvalue weighted by Gasteiger charge is -2.12. The second-order valence-corrected chi connectivity index (χ2v) is 4.99. The van der Waals surface area contributed by atoms with E-state index in [1.54, 1.807) is 0 Å². The minimum atomic E-state index is 0.755. The Kier molecular flexibility index (Phi) is 3.99. The number of nitrogens with zero attached hydrogens (tertiary/aromatic N) is 2. The van der Waals surface area contributed by atoms with Crippen molar-refractivity contribution in [3.63, 3.8) is 0 Å². The maximum Gasteiger partial charge on any atom is 0.108 e. The molecule has 3 heteroatoms. The van der Waals surface area contributed by atoms with Gasteiger partial charge in [-0.2, -0.15) is 0 Å². The molecule has 0 radical (unpaired) electrons. The van der Waals surface area contributed by atoms with Gasteiger partial charge in [0.15, 0.2) is 0 Å². The minimum Gasteiger partial charge on any atom is -0.338 e. The number of nitrogens with one attached hydrogen (secondary N) is 1. The monoisotopic (exact) mass is 221 g/mol. The average molecular weight is 221 g/mol. The SMILES string of the molecule is CCCNC1CCC(Cc2nccn2C)C1. The van der Waals surface area contributed by atoms with Gasteiger partial charge in [0, 0.05) is 31.9 Å². The highest BCUT2D eigenvalue weighted by Crippen LogP contribution is 2.28. The smallest absolute Gasteiger partial charge is 0.108 e. The summed E-state index contributed by atoms with van der Waals surface area (Å²) < 4.78 is 2.15. The number of hydrogen-bond donors (Lipinski definition) is 1. The van der Waals surface area contributed by atoms with Crippen LogP contribution >= 0.6 is 0 Å². The molecule has 1 N–H and O–H groups in total.